The van der Waals surface area contributed by atoms with E-state index in [9.17, 15) is 14.4 Å². The van der Waals surface area contributed by atoms with Crippen molar-refractivity contribution in [1.82, 2.24) is 10.2 Å². The number of carbonyl (C=O) groups is 3. The van der Waals surface area contributed by atoms with E-state index in [0.717, 1.165) is 6.42 Å². The number of nitrogens with zero attached hydrogens (tertiary/aromatic N) is 1. The lowest BCUT2D eigenvalue weighted by Gasteiger charge is -2.34. The van der Waals surface area contributed by atoms with Crippen LogP contribution in [0.1, 0.15) is 52.9 Å². The number of ether oxygens (including phenoxy) is 1. The standard InChI is InChI=1S/C25H35N3O5/c1-16(2)26-22(31)20-25-13-12-24(3,33-25)18(21(30)27-17-10-6-4-7-11-17)19(25)23(32)28(20)14-8-5-9-15-29/h4,6-7,10-11,16,18-20,29H,5,8-9,12-15H2,1-3H3,(H,26,31)(H,27,30)/t18-,19+,20?,24+,25?/m1/s1. The summed E-state index contributed by atoms with van der Waals surface area (Å²) in [4.78, 5) is 42.3. The number of carbonyl (C=O) groups excluding carboxylic acids is 3. The number of aliphatic hydroxyl groups excluding tert-OH is 1. The summed E-state index contributed by atoms with van der Waals surface area (Å²) in [6.45, 7) is 6.17. The van der Waals surface area contributed by atoms with Crippen LogP contribution in [0.2, 0.25) is 0 Å². The van der Waals surface area contributed by atoms with Crippen molar-refractivity contribution < 1.29 is 24.2 Å². The van der Waals surface area contributed by atoms with Crippen LogP contribution in [0.5, 0.6) is 0 Å². The predicted octanol–water partition coefficient (Wildman–Crippen LogP) is 2.08. The Balaban J connectivity index is 1.65. The predicted molar refractivity (Wildman–Crippen MR) is 123 cm³/mol. The SMILES string of the molecule is CC(C)NC(=O)C1N(CCCCCO)C(=O)[C@@H]2[C@H](C(=O)Nc3ccccc3)[C@]3(C)CCC12O3. The molecule has 8 nitrogen and oxygen atoms in total. The minimum atomic E-state index is -1.000. The highest BCUT2D eigenvalue weighted by molar-refractivity contribution is 6.02. The van der Waals surface area contributed by atoms with E-state index in [0.29, 0.717) is 37.9 Å². The summed E-state index contributed by atoms with van der Waals surface area (Å²) in [6.07, 6.45) is 3.27. The molecule has 1 aromatic carbocycles. The molecule has 5 atom stereocenters. The van der Waals surface area contributed by atoms with Crippen molar-refractivity contribution in [2.45, 2.75) is 76.2 Å². The van der Waals surface area contributed by atoms with E-state index in [2.05, 4.69) is 10.6 Å². The van der Waals surface area contributed by atoms with Crippen LogP contribution in [0.25, 0.3) is 0 Å². The van der Waals surface area contributed by atoms with E-state index in [-0.39, 0.29) is 30.4 Å². The van der Waals surface area contributed by atoms with Gasteiger partial charge in [0.15, 0.2) is 0 Å². The number of rotatable bonds is 9. The second-order valence-corrected chi connectivity index (χ2v) is 10.1. The molecule has 0 saturated carbocycles. The number of aliphatic hydroxyl groups is 1. The van der Waals surface area contributed by atoms with Crippen LogP contribution in [0.3, 0.4) is 0 Å². The van der Waals surface area contributed by atoms with Crippen molar-refractivity contribution in [2.75, 3.05) is 18.5 Å². The third-order valence-electron chi connectivity index (χ3n) is 7.34. The average Bonchev–Trinajstić information content (AvgIpc) is 3.32. The molecule has 1 spiro atoms. The molecule has 180 valence electrons. The monoisotopic (exact) mass is 457 g/mol. The maximum Gasteiger partial charge on any atom is 0.246 e. The van der Waals surface area contributed by atoms with Gasteiger partial charge >= 0.3 is 0 Å². The number of benzene rings is 1. The van der Waals surface area contributed by atoms with Gasteiger partial charge in [0, 0.05) is 24.9 Å². The fraction of sp³-hybridized carbons (Fsp3) is 0.640. The Morgan fingerprint density at radius 1 is 1.15 bits per heavy atom. The second kappa shape index (κ2) is 9.06. The van der Waals surface area contributed by atoms with Gasteiger partial charge in [-0.3, -0.25) is 14.4 Å². The van der Waals surface area contributed by atoms with Gasteiger partial charge < -0.3 is 25.4 Å². The highest BCUT2D eigenvalue weighted by atomic mass is 16.5. The molecule has 0 aliphatic carbocycles. The number of hydrogen-bond acceptors (Lipinski definition) is 5. The topological polar surface area (TPSA) is 108 Å². The Hall–Kier alpha value is -2.45. The van der Waals surface area contributed by atoms with Crippen molar-refractivity contribution in [2.24, 2.45) is 11.8 Å². The number of likely N-dealkylation sites (tertiary alicyclic amines) is 1. The van der Waals surface area contributed by atoms with Gasteiger partial charge in [-0.1, -0.05) is 18.2 Å². The van der Waals surface area contributed by atoms with E-state index < -0.39 is 29.1 Å². The van der Waals surface area contributed by atoms with Gasteiger partial charge in [-0.2, -0.15) is 0 Å². The van der Waals surface area contributed by atoms with Gasteiger partial charge in [-0.05, 0) is 65.0 Å². The Kier molecular flexibility index (Phi) is 6.51. The second-order valence-electron chi connectivity index (χ2n) is 10.1. The highest BCUT2D eigenvalue weighted by Gasteiger charge is 2.77. The molecule has 3 saturated heterocycles. The summed E-state index contributed by atoms with van der Waals surface area (Å²) < 4.78 is 6.56. The summed E-state index contributed by atoms with van der Waals surface area (Å²) in [5.41, 5.74) is -1.12. The Bertz CT molecular complexity index is 907. The molecule has 2 bridgehead atoms. The van der Waals surface area contributed by atoms with Crippen molar-refractivity contribution in [3.63, 3.8) is 0 Å². The van der Waals surface area contributed by atoms with Crippen LogP contribution in [0.4, 0.5) is 5.69 Å². The summed E-state index contributed by atoms with van der Waals surface area (Å²) in [7, 11) is 0. The number of unbranched alkanes of at least 4 members (excludes halogenated alkanes) is 2. The maximum atomic E-state index is 13.8. The summed E-state index contributed by atoms with van der Waals surface area (Å²) in [5, 5.41) is 15.0. The molecule has 0 radical (unpaired) electrons. The molecule has 8 heteroatoms. The van der Waals surface area contributed by atoms with Gasteiger partial charge in [0.2, 0.25) is 17.7 Å². The Morgan fingerprint density at radius 3 is 2.55 bits per heavy atom. The van der Waals surface area contributed by atoms with Crippen molar-refractivity contribution >= 4 is 23.4 Å². The minimum absolute atomic E-state index is 0.0781. The van der Waals surface area contributed by atoms with Crippen molar-refractivity contribution in [3.8, 4) is 0 Å². The molecule has 3 N–H and O–H groups in total. The zero-order valence-electron chi connectivity index (χ0n) is 19.7. The first-order valence-corrected chi connectivity index (χ1v) is 12.0. The molecule has 2 unspecified atom stereocenters. The van der Waals surface area contributed by atoms with E-state index >= 15 is 0 Å². The van der Waals surface area contributed by atoms with Gasteiger partial charge in [-0.15, -0.1) is 0 Å². The largest absolute Gasteiger partial charge is 0.396 e. The maximum absolute atomic E-state index is 13.8. The van der Waals surface area contributed by atoms with Crippen molar-refractivity contribution in [1.29, 1.82) is 0 Å². The number of nitrogens with one attached hydrogen (secondary N) is 2. The van der Waals surface area contributed by atoms with Crippen molar-refractivity contribution in [3.05, 3.63) is 30.3 Å². The van der Waals surface area contributed by atoms with E-state index in [4.69, 9.17) is 9.84 Å². The van der Waals surface area contributed by atoms with Gasteiger partial charge in [0.05, 0.1) is 17.4 Å². The quantitative estimate of drug-likeness (QED) is 0.492. The lowest BCUT2D eigenvalue weighted by atomic mass is 9.66. The summed E-state index contributed by atoms with van der Waals surface area (Å²) in [6, 6.07) is 8.35. The summed E-state index contributed by atoms with van der Waals surface area (Å²) in [5.74, 6) is -2.01. The molecule has 4 rings (SSSR count). The fourth-order valence-corrected chi connectivity index (χ4v) is 6.04. The molecule has 3 amide bonds. The van der Waals surface area contributed by atoms with E-state index in [1.165, 1.54) is 0 Å². The number of anilines is 1. The molecule has 3 aliphatic rings. The molecular formula is C25H35N3O5. The molecule has 3 heterocycles. The molecule has 3 fully saturated rings. The minimum Gasteiger partial charge on any atom is -0.396 e. The molecule has 33 heavy (non-hydrogen) atoms. The first-order chi connectivity index (χ1) is 15.7. The zero-order valence-corrected chi connectivity index (χ0v) is 19.7. The van der Waals surface area contributed by atoms with Crippen LogP contribution < -0.4 is 10.6 Å². The lowest BCUT2D eigenvalue weighted by molar-refractivity contribution is -0.145. The number of fused-ring (bicyclic) bond motifs is 1. The zero-order chi connectivity index (χ0) is 23.8. The molecule has 1 aromatic rings. The lowest BCUT2D eigenvalue weighted by Crippen LogP contribution is -2.56. The number of para-hydroxylation sites is 1. The van der Waals surface area contributed by atoms with Crippen LogP contribution in [0.15, 0.2) is 30.3 Å². The van der Waals surface area contributed by atoms with Crippen LogP contribution >= 0.6 is 0 Å². The number of amides is 3. The molecule has 0 aromatic heterocycles. The van der Waals surface area contributed by atoms with Crippen LogP contribution in [-0.2, 0) is 19.1 Å². The van der Waals surface area contributed by atoms with E-state index in [1.54, 1.807) is 4.90 Å². The van der Waals surface area contributed by atoms with E-state index in [1.807, 2.05) is 51.1 Å². The van der Waals surface area contributed by atoms with Gasteiger partial charge in [0.25, 0.3) is 0 Å². The number of hydrogen-bond donors (Lipinski definition) is 3. The molecular weight excluding hydrogens is 422 g/mol. The average molecular weight is 458 g/mol. The fourth-order valence-electron chi connectivity index (χ4n) is 6.04. The first kappa shape index (κ1) is 23.7. The highest BCUT2D eigenvalue weighted by Crippen LogP contribution is 2.63. The third kappa shape index (κ3) is 4.04. The third-order valence-corrected chi connectivity index (χ3v) is 7.34. The normalized spacial score (nSPS) is 32.3. The van der Waals surface area contributed by atoms with Gasteiger partial charge in [0.1, 0.15) is 11.6 Å². The Labute approximate surface area is 195 Å². The first-order valence-electron chi connectivity index (χ1n) is 12.0. The van der Waals surface area contributed by atoms with Crippen LogP contribution in [-0.4, -0.2) is 64.2 Å². The molecule has 3 aliphatic heterocycles. The van der Waals surface area contributed by atoms with Crippen LogP contribution in [0, 0.1) is 11.8 Å². The Morgan fingerprint density at radius 2 is 1.88 bits per heavy atom. The summed E-state index contributed by atoms with van der Waals surface area (Å²) >= 11 is 0. The smallest absolute Gasteiger partial charge is 0.246 e. The van der Waals surface area contributed by atoms with Gasteiger partial charge in [-0.25, -0.2) is 0 Å².